The van der Waals surface area contributed by atoms with Crippen molar-refractivity contribution in [1.82, 2.24) is 10.2 Å². The molecule has 0 unspecified atom stereocenters. The van der Waals surface area contributed by atoms with Crippen LogP contribution in [0.2, 0.25) is 10.0 Å². The van der Waals surface area contributed by atoms with E-state index >= 15 is 0 Å². The van der Waals surface area contributed by atoms with Crippen LogP contribution >= 0.6 is 35.0 Å². The molecule has 0 saturated heterocycles. The number of hydrogen-bond donors (Lipinski definition) is 1. The van der Waals surface area contributed by atoms with Crippen molar-refractivity contribution in [2.75, 3.05) is 5.75 Å². The highest BCUT2D eigenvalue weighted by molar-refractivity contribution is 7.99. The monoisotopic (exact) mass is 510 g/mol. The molecule has 1 atom stereocenters. The number of rotatable bonds is 9. The van der Waals surface area contributed by atoms with Crippen molar-refractivity contribution in [3.05, 3.63) is 69.5 Å². The summed E-state index contributed by atoms with van der Waals surface area (Å²) in [6.07, 6.45) is 5.36. The summed E-state index contributed by atoms with van der Waals surface area (Å²) in [4.78, 5) is 27.7. The highest BCUT2D eigenvalue weighted by atomic mass is 35.5. The third-order valence-electron chi connectivity index (χ3n) is 5.92. The van der Waals surface area contributed by atoms with E-state index < -0.39 is 6.04 Å². The van der Waals surface area contributed by atoms with E-state index in [0.29, 0.717) is 15.8 Å². The van der Waals surface area contributed by atoms with Crippen LogP contribution in [-0.2, 0) is 21.9 Å². The van der Waals surface area contributed by atoms with Crippen LogP contribution in [0.3, 0.4) is 0 Å². The molecular formula is C25H29Cl2FN2O2S. The van der Waals surface area contributed by atoms with Crippen molar-refractivity contribution in [3.63, 3.8) is 0 Å². The number of amides is 2. The zero-order valence-corrected chi connectivity index (χ0v) is 21.0. The first-order valence-electron chi connectivity index (χ1n) is 11.2. The zero-order valence-electron chi connectivity index (χ0n) is 18.7. The van der Waals surface area contributed by atoms with Crippen LogP contribution in [0.1, 0.15) is 50.2 Å². The van der Waals surface area contributed by atoms with Crippen LogP contribution in [0.15, 0.2) is 42.5 Å². The van der Waals surface area contributed by atoms with Crippen molar-refractivity contribution in [1.29, 1.82) is 0 Å². The summed E-state index contributed by atoms with van der Waals surface area (Å²) in [7, 11) is 0. The van der Waals surface area contributed by atoms with E-state index in [4.69, 9.17) is 23.2 Å². The van der Waals surface area contributed by atoms with E-state index in [9.17, 15) is 14.0 Å². The minimum absolute atomic E-state index is 0.156. The average Bonchev–Trinajstić information content (AvgIpc) is 2.80. The van der Waals surface area contributed by atoms with Crippen LogP contribution in [-0.4, -0.2) is 34.6 Å². The molecule has 0 bridgehead atoms. The van der Waals surface area contributed by atoms with Crippen LogP contribution in [0.5, 0.6) is 0 Å². The molecule has 1 aliphatic rings. The number of nitrogens with one attached hydrogen (secondary N) is 1. The van der Waals surface area contributed by atoms with Gasteiger partial charge in [0.2, 0.25) is 11.8 Å². The van der Waals surface area contributed by atoms with Gasteiger partial charge < -0.3 is 10.2 Å². The largest absolute Gasteiger partial charge is 0.352 e. The Morgan fingerprint density at radius 1 is 1.09 bits per heavy atom. The lowest BCUT2D eigenvalue weighted by Crippen LogP contribution is -2.50. The number of hydrogen-bond acceptors (Lipinski definition) is 3. The van der Waals surface area contributed by atoms with Crippen molar-refractivity contribution >= 4 is 46.8 Å². The lowest BCUT2D eigenvalue weighted by atomic mass is 9.95. The number of benzene rings is 2. The lowest BCUT2D eigenvalue weighted by molar-refractivity contribution is -0.139. The molecule has 33 heavy (non-hydrogen) atoms. The van der Waals surface area contributed by atoms with E-state index in [-0.39, 0.29) is 36.0 Å². The molecule has 1 N–H and O–H groups in total. The van der Waals surface area contributed by atoms with Gasteiger partial charge in [0, 0.05) is 28.4 Å². The van der Waals surface area contributed by atoms with E-state index in [1.807, 2.05) is 0 Å². The predicted octanol–water partition coefficient (Wildman–Crippen LogP) is 6.23. The highest BCUT2D eigenvalue weighted by Crippen LogP contribution is 2.28. The molecule has 0 aromatic heterocycles. The summed E-state index contributed by atoms with van der Waals surface area (Å²) in [5.74, 6) is -0.0108. The number of thioether (sulfide) groups is 1. The molecule has 0 spiro atoms. The minimum Gasteiger partial charge on any atom is -0.352 e. The molecule has 1 saturated carbocycles. The number of halogens is 3. The number of carbonyl (C=O) groups excluding carboxylic acids is 2. The highest BCUT2D eigenvalue weighted by Gasteiger charge is 2.28. The maximum absolute atomic E-state index is 13.4. The van der Waals surface area contributed by atoms with Crippen molar-refractivity contribution in [2.24, 2.45) is 0 Å². The SMILES string of the molecule is C[C@H](C(=O)NC1CCCCC1)N(Cc1ccc(F)cc1)C(=O)CSCc1c(Cl)cccc1Cl. The van der Waals surface area contributed by atoms with Gasteiger partial charge in [-0.3, -0.25) is 9.59 Å². The molecule has 0 heterocycles. The quantitative estimate of drug-likeness (QED) is 0.434. The van der Waals surface area contributed by atoms with Crippen molar-refractivity contribution < 1.29 is 14.0 Å². The zero-order chi connectivity index (χ0) is 23.8. The standard InChI is InChI=1S/C25H29Cl2FN2O2S/c1-17(25(32)29-20-6-3-2-4-7-20)30(14-18-10-12-19(28)13-11-18)24(31)16-33-15-21-22(26)8-5-9-23(21)27/h5,8-13,17,20H,2-4,6-7,14-16H2,1H3,(H,29,32)/t17-/m1/s1. The van der Waals surface area contributed by atoms with Gasteiger partial charge >= 0.3 is 0 Å². The summed E-state index contributed by atoms with van der Waals surface area (Å²) in [5, 5.41) is 4.23. The molecule has 1 aliphatic carbocycles. The van der Waals surface area contributed by atoms with Crippen LogP contribution < -0.4 is 5.32 Å². The normalized spacial score (nSPS) is 15.2. The second-order valence-electron chi connectivity index (χ2n) is 8.36. The smallest absolute Gasteiger partial charge is 0.242 e. The molecule has 2 aromatic rings. The Labute approximate surface area is 209 Å². The first-order chi connectivity index (χ1) is 15.8. The lowest BCUT2D eigenvalue weighted by Gasteiger charge is -2.31. The Morgan fingerprint density at radius 3 is 2.36 bits per heavy atom. The van der Waals surface area contributed by atoms with Gasteiger partial charge in [0.05, 0.1) is 5.75 Å². The van der Waals surface area contributed by atoms with E-state index in [0.717, 1.165) is 36.8 Å². The number of nitrogens with zero attached hydrogens (tertiary/aromatic N) is 1. The van der Waals surface area contributed by atoms with Gasteiger partial charge in [-0.15, -0.1) is 11.8 Å². The molecule has 2 aromatic carbocycles. The average molecular weight is 511 g/mol. The van der Waals surface area contributed by atoms with Crippen molar-refractivity contribution in [2.45, 2.75) is 63.4 Å². The topological polar surface area (TPSA) is 49.4 Å². The van der Waals surface area contributed by atoms with Gasteiger partial charge in [0.15, 0.2) is 0 Å². The third-order valence-corrected chi connectivity index (χ3v) is 7.57. The molecule has 178 valence electrons. The van der Waals surface area contributed by atoms with E-state index in [1.54, 1.807) is 42.2 Å². The van der Waals surface area contributed by atoms with Gasteiger partial charge in [0.25, 0.3) is 0 Å². The fraction of sp³-hybridized carbons (Fsp3) is 0.440. The summed E-state index contributed by atoms with van der Waals surface area (Å²) in [6.45, 7) is 1.97. The molecule has 2 amide bonds. The van der Waals surface area contributed by atoms with Crippen LogP contribution in [0.4, 0.5) is 4.39 Å². The van der Waals surface area contributed by atoms with Crippen LogP contribution in [0.25, 0.3) is 0 Å². The molecule has 0 radical (unpaired) electrons. The maximum atomic E-state index is 13.4. The number of carbonyl (C=O) groups is 2. The Hall–Kier alpha value is -1.76. The molecular weight excluding hydrogens is 482 g/mol. The second kappa shape index (κ2) is 12.6. The fourth-order valence-electron chi connectivity index (χ4n) is 3.93. The maximum Gasteiger partial charge on any atom is 0.242 e. The van der Waals surface area contributed by atoms with Gasteiger partial charge in [-0.05, 0) is 55.2 Å². The first-order valence-corrected chi connectivity index (χ1v) is 13.1. The summed E-state index contributed by atoms with van der Waals surface area (Å²) in [6, 6.07) is 10.8. The van der Waals surface area contributed by atoms with Crippen LogP contribution in [0, 0.1) is 5.82 Å². The molecule has 3 rings (SSSR count). The molecule has 8 heteroatoms. The van der Waals surface area contributed by atoms with Gasteiger partial charge in [-0.1, -0.05) is 60.7 Å². The fourth-order valence-corrected chi connectivity index (χ4v) is 5.58. The summed E-state index contributed by atoms with van der Waals surface area (Å²) < 4.78 is 13.4. The van der Waals surface area contributed by atoms with Gasteiger partial charge in [-0.25, -0.2) is 4.39 Å². The predicted molar refractivity (Wildman–Crippen MR) is 134 cm³/mol. The summed E-state index contributed by atoms with van der Waals surface area (Å²) in [5.41, 5.74) is 1.55. The Balaban J connectivity index is 1.67. The van der Waals surface area contributed by atoms with Gasteiger partial charge in [-0.2, -0.15) is 0 Å². The Bertz CT molecular complexity index is 932. The molecule has 1 fully saturated rings. The molecule has 4 nitrogen and oxygen atoms in total. The Kier molecular flexibility index (Phi) is 9.90. The second-order valence-corrected chi connectivity index (χ2v) is 10.2. The van der Waals surface area contributed by atoms with Gasteiger partial charge in [0.1, 0.15) is 11.9 Å². The Morgan fingerprint density at radius 2 is 1.73 bits per heavy atom. The first kappa shape index (κ1) is 25.9. The van der Waals surface area contributed by atoms with Crippen molar-refractivity contribution in [3.8, 4) is 0 Å². The van der Waals surface area contributed by atoms with E-state index in [1.165, 1.54) is 30.3 Å². The minimum atomic E-state index is -0.644. The van der Waals surface area contributed by atoms with E-state index in [2.05, 4.69) is 5.32 Å². The third kappa shape index (κ3) is 7.62. The summed E-state index contributed by atoms with van der Waals surface area (Å²) >= 11 is 13.9. The molecule has 0 aliphatic heterocycles.